The number of rotatable bonds is 5. The molecule has 0 aromatic heterocycles. The van der Waals surface area contributed by atoms with Crippen LogP contribution in [0.1, 0.15) is 34.3 Å². The second-order valence-electron chi connectivity index (χ2n) is 7.21. The number of hydrogen-bond donors (Lipinski definition) is 2. The van der Waals surface area contributed by atoms with Crippen molar-refractivity contribution in [1.82, 2.24) is 10.3 Å². The molecule has 1 amide bonds. The first-order chi connectivity index (χ1) is 14.1. The van der Waals surface area contributed by atoms with Crippen molar-refractivity contribution in [2.24, 2.45) is 5.10 Å². The number of fused-ring (bicyclic) bond motifs is 1. The molecule has 2 N–H and O–H groups in total. The van der Waals surface area contributed by atoms with E-state index in [0.717, 1.165) is 30.6 Å². The van der Waals surface area contributed by atoms with E-state index >= 15 is 0 Å². The molecule has 148 valence electrons. The number of phenols is 1. The highest BCUT2D eigenvalue weighted by Crippen LogP contribution is 2.25. The van der Waals surface area contributed by atoms with Crippen molar-refractivity contribution >= 4 is 34.5 Å². The standard InChI is InChI=1S/C23H22ClN3O2/c24-21-13-16(9-10-22(21)28)23(29)26-25-14-17-5-3-8-20-18(6-4-7-19(17)20)15-27-11-1-2-12-27/h3-10,13-14,28H,1-2,11-12,15H2,(H,26,29)/b25-14+. The highest BCUT2D eigenvalue weighted by atomic mass is 35.5. The van der Waals surface area contributed by atoms with Gasteiger partial charge in [0, 0.05) is 17.7 Å². The molecule has 0 saturated carbocycles. The van der Waals surface area contributed by atoms with Crippen molar-refractivity contribution in [2.75, 3.05) is 13.1 Å². The zero-order valence-electron chi connectivity index (χ0n) is 15.9. The van der Waals surface area contributed by atoms with Crippen LogP contribution in [-0.4, -0.2) is 35.2 Å². The minimum absolute atomic E-state index is 0.0628. The van der Waals surface area contributed by atoms with Crippen LogP contribution in [0.4, 0.5) is 0 Å². The highest BCUT2D eigenvalue weighted by Gasteiger charge is 2.13. The Kier molecular flexibility index (Phi) is 5.79. The summed E-state index contributed by atoms with van der Waals surface area (Å²) < 4.78 is 0. The number of likely N-dealkylation sites (tertiary alicyclic amines) is 1. The van der Waals surface area contributed by atoms with Gasteiger partial charge in [0.15, 0.2) is 0 Å². The van der Waals surface area contributed by atoms with E-state index in [-0.39, 0.29) is 10.8 Å². The average molecular weight is 408 g/mol. The minimum atomic E-state index is -0.391. The van der Waals surface area contributed by atoms with Crippen LogP contribution in [0, 0.1) is 0 Å². The third-order valence-electron chi connectivity index (χ3n) is 5.22. The predicted molar refractivity (Wildman–Crippen MR) is 117 cm³/mol. The molecule has 1 heterocycles. The van der Waals surface area contributed by atoms with E-state index in [1.165, 1.54) is 42.0 Å². The Morgan fingerprint density at radius 2 is 1.86 bits per heavy atom. The summed E-state index contributed by atoms with van der Waals surface area (Å²) in [5.41, 5.74) is 5.09. The van der Waals surface area contributed by atoms with Gasteiger partial charge in [-0.1, -0.05) is 48.0 Å². The second kappa shape index (κ2) is 8.64. The van der Waals surface area contributed by atoms with Crippen molar-refractivity contribution in [3.8, 4) is 5.75 Å². The van der Waals surface area contributed by atoms with Crippen molar-refractivity contribution in [1.29, 1.82) is 0 Å². The predicted octanol–water partition coefficient (Wildman–Crippen LogP) is 4.56. The molecular formula is C23H22ClN3O2. The van der Waals surface area contributed by atoms with Crippen molar-refractivity contribution in [2.45, 2.75) is 19.4 Å². The monoisotopic (exact) mass is 407 g/mol. The number of hydrazone groups is 1. The zero-order chi connectivity index (χ0) is 20.2. The molecule has 4 rings (SSSR count). The molecule has 6 heteroatoms. The molecule has 0 spiro atoms. The SMILES string of the molecule is O=C(N/N=C/c1cccc2c(CN3CCCC3)cccc12)c1ccc(O)c(Cl)c1. The third kappa shape index (κ3) is 4.42. The Hall–Kier alpha value is -2.89. The van der Waals surface area contributed by atoms with Crippen LogP contribution in [0.5, 0.6) is 5.75 Å². The third-order valence-corrected chi connectivity index (χ3v) is 5.52. The van der Waals surface area contributed by atoms with Gasteiger partial charge in [-0.05, 0) is 60.5 Å². The lowest BCUT2D eigenvalue weighted by Gasteiger charge is -2.16. The Labute approximate surface area is 174 Å². The number of carbonyl (C=O) groups excluding carboxylic acids is 1. The lowest BCUT2D eigenvalue weighted by atomic mass is 10.0. The van der Waals surface area contributed by atoms with Gasteiger partial charge in [-0.3, -0.25) is 9.69 Å². The Balaban J connectivity index is 1.52. The first kappa shape index (κ1) is 19.4. The van der Waals surface area contributed by atoms with E-state index in [9.17, 15) is 9.90 Å². The van der Waals surface area contributed by atoms with Crippen molar-refractivity contribution in [3.63, 3.8) is 0 Å². The number of carbonyl (C=O) groups is 1. The highest BCUT2D eigenvalue weighted by molar-refractivity contribution is 6.32. The van der Waals surface area contributed by atoms with Crippen LogP contribution in [0.2, 0.25) is 5.02 Å². The van der Waals surface area contributed by atoms with Gasteiger partial charge in [0.2, 0.25) is 0 Å². The summed E-state index contributed by atoms with van der Waals surface area (Å²) in [5, 5.41) is 16.0. The number of halogens is 1. The van der Waals surface area contributed by atoms with E-state index in [2.05, 4.69) is 39.7 Å². The van der Waals surface area contributed by atoms with E-state index < -0.39 is 5.91 Å². The molecule has 1 saturated heterocycles. The molecule has 0 unspecified atom stereocenters. The fourth-order valence-electron chi connectivity index (χ4n) is 3.70. The topological polar surface area (TPSA) is 64.9 Å². The maximum absolute atomic E-state index is 12.2. The van der Waals surface area contributed by atoms with Crippen molar-refractivity contribution < 1.29 is 9.90 Å². The van der Waals surface area contributed by atoms with Crippen molar-refractivity contribution in [3.05, 3.63) is 76.3 Å². The van der Waals surface area contributed by atoms with E-state index in [4.69, 9.17) is 11.6 Å². The van der Waals surface area contributed by atoms with Gasteiger partial charge in [0.25, 0.3) is 5.91 Å². The largest absolute Gasteiger partial charge is 0.506 e. The molecule has 5 nitrogen and oxygen atoms in total. The Morgan fingerprint density at radius 3 is 2.66 bits per heavy atom. The Morgan fingerprint density at radius 1 is 1.10 bits per heavy atom. The Bertz CT molecular complexity index is 1070. The van der Waals surface area contributed by atoms with Crippen LogP contribution in [0.15, 0.2) is 59.7 Å². The zero-order valence-corrected chi connectivity index (χ0v) is 16.7. The molecule has 0 radical (unpaired) electrons. The van der Waals surface area contributed by atoms with Gasteiger partial charge in [0.1, 0.15) is 5.75 Å². The van der Waals surface area contributed by atoms with Gasteiger partial charge in [-0.2, -0.15) is 5.10 Å². The molecule has 1 aliphatic rings. The number of phenolic OH excluding ortho intramolecular Hbond substituents is 1. The van der Waals surface area contributed by atoms with Crippen LogP contribution in [0.25, 0.3) is 10.8 Å². The first-order valence-corrected chi connectivity index (χ1v) is 10.0. The molecule has 3 aromatic rings. The summed E-state index contributed by atoms with van der Waals surface area (Å²) in [6.45, 7) is 3.27. The normalized spacial score (nSPS) is 14.7. The van der Waals surface area contributed by atoms with Gasteiger partial charge in [0.05, 0.1) is 11.2 Å². The molecule has 0 aliphatic carbocycles. The molecular weight excluding hydrogens is 386 g/mol. The quantitative estimate of drug-likeness (QED) is 0.481. The number of aromatic hydroxyl groups is 1. The summed E-state index contributed by atoms with van der Waals surface area (Å²) in [7, 11) is 0. The number of hydrogen-bond acceptors (Lipinski definition) is 4. The number of nitrogens with one attached hydrogen (secondary N) is 1. The summed E-state index contributed by atoms with van der Waals surface area (Å²) in [6.07, 6.45) is 4.20. The second-order valence-corrected chi connectivity index (χ2v) is 7.62. The van der Waals surface area contributed by atoms with Gasteiger partial charge in [-0.25, -0.2) is 5.43 Å². The van der Waals surface area contributed by atoms with E-state index in [0.29, 0.717) is 5.56 Å². The molecule has 0 atom stereocenters. The van der Waals surface area contributed by atoms with Crippen LogP contribution < -0.4 is 5.43 Å². The van der Waals surface area contributed by atoms with Crippen LogP contribution in [-0.2, 0) is 6.54 Å². The lowest BCUT2D eigenvalue weighted by molar-refractivity contribution is 0.0955. The maximum atomic E-state index is 12.2. The van der Waals surface area contributed by atoms with Gasteiger partial charge in [-0.15, -0.1) is 0 Å². The number of amides is 1. The molecule has 1 aliphatic heterocycles. The smallest absolute Gasteiger partial charge is 0.271 e. The lowest BCUT2D eigenvalue weighted by Crippen LogP contribution is -2.18. The molecule has 3 aromatic carbocycles. The van der Waals surface area contributed by atoms with E-state index in [1.807, 2.05) is 12.1 Å². The maximum Gasteiger partial charge on any atom is 0.271 e. The number of nitrogens with zero attached hydrogens (tertiary/aromatic N) is 2. The fourth-order valence-corrected chi connectivity index (χ4v) is 3.89. The van der Waals surface area contributed by atoms with E-state index in [1.54, 1.807) is 6.21 Å². The summed E-state index contributed by atoms with van der Waals surface area (Å²) >= 11 is 5.86. The number of benzene rings is 3. The van der Waals surface area contributed by atoms with Crippen LogP contribution >= 0.6 is 11.6 Å². The molecule has 1 fully saturated rings. The summed E-state index contributed by atoms with van der Waals surface area (Å²) in [4.78, 5) is 14.7. The first-order valence-electron chi connectivity index (χ1n) is 9.67. The molecule has 29 heavy (non-hydrogen) atoms. The summed E-state index contributed by atoms with van der Waals surface area (Å²) in [5.74, 6) is -0.453. The minimum Gasteiger partial charge on any atom is -0.506 e. The molecule has 0 bridgehead atoms. The average Bonchev–Trinajstić information content (AvgIpc) is 3.23. The fraction of sp³-hybridized carbons (Fsp3) is 0.217. The van der Waals surface area contributed by atoms with Crippen LogP contribution in [0.3, 0.4) is 0 Å². The van der Waals surface area contributed by atoms with Gasteiger partial charge >= 0.3 is 0 Å². The summed E-state index contributed by atoms with van der Waals surface area (Å²) in [6, 6.07) is 16.7. The van der Waals surface area contributed by atoms with Gasteiger partial charge < -0.3 is 5.11 Å².